The number of rotatable bonds is 7. The van der Waals surface area contributed by atoms with Gasteiger partial charge in [0.05, 0.1) is 16.7 Å². The first-order valence-electron chi connectivity index (χ1n) is 9.93. The molecule has 1 aromatic carbocycles. The summed E-state index contributed by atoms with van der Waals surface area (Å²) in [6.07, 6.45) is 6.30. The van der Waals surface area contributed by atoms with E-state index in [0.717, 1.165) is 6.54 Å². The van der Waals surface area contributed by atoms with Crippen LogP contribution in [-0.4, -0.2) is 27.8 Å². The van der Waals surface area contributed by atoms with Crippen LogP contribution in [0, 0.1) is 11.8 Å². The van der Waals surface area contributed by atoms with Gasteiger partial charge in [-0.15, -0.1) is 0 Å². The Morgan fingerprint density at radius 2 is 2.00 bits per heavy atom. The summed E-state index contributed by atoms with van der Waals surface area (Å²) < 4.78 is 1.71. The molecule has 1 N–H and O–H groups in total. The van der Waals surface area contributed by atoms with Crippen LogP contribution in [-0.2, 0) is 11.3 Å². The zero-order chi connectivity index (χ0) is 19.2. The molecule has 5 nitrogen and oxygen atoms in total. The quantitative estimate of drug-likeness (QED) is 0.579. The van der Waals surface area contributed by atoms with Crippen LogP contribution in [0.5, 0.6) is 0 Å². The zero-order valence-corrected chi connectivity index (χ0v) is 17.1. The lowest BCUT2D eigenvalue weighted by atomic mass is 9.89. The molecule has 146 valence electrons. The minimum atomic E-state index is -0.0283. The molecule has 2 aromatic rings. The predicted octanol–water partition coefficient (Wildman–Crippen LogP) is 3.84. The van der Waals surface area contributed by atoms with Crippen molar-refractivity contribution >= 4 is 28.6 Å². The summed E-state index contributed by atoms with van der Waals surface area (Å²) in [5.74, 6) is 1.25. The third-order valence-electron chi connectivity index (χ3n) is 5.02. The van der Waals surface area contributed by atoms with E-state index in [4.69, 9.17) is 0 Å². The first kappa shape index (κ1) is 19.9. The number of carbonyl (C=O) groups is 1. The first-order chi connectivity index (χ1) is 13.0. The average molecular weight is 388 g/mol. The van der Waals surface area contributed by atoms with E-state index >= 15 is 0 Å². The number of thioether (sulfide) groups is 1. The molecule has 0 radical (unpaired) electrons. The smallest absolute Gasteiger partial charge is 0.262 e. The van der Waals surface area contributed by atoms with Crippen LogP contribution in [0.4, 0.5) is 0 Å². The first-order valence-corrected chi connectivity index (χ1v) is 10.9. The maximum Gasteiger partial charge on any atom is 0.262 e. The van der Waals surface area contributed by atoms with Crippen LogP contribution in [0.2, 0.25) is 0 Å². The van der Waals surface area contributed by atoms with Crippen molar-refractivity contribution in [3.8, 4) is 0 Å². The Morgan fingerprint density at radius 1 is 1.26 bits per heavy atom. The molecular formula is C21H29N3O2S. The minimum Gasteiger partial charge on any atom is -0.355 e. The summed E-state index contributed by atoms with van der Waals surface area (Å²) in [7, 11) is 0. The fourth-order valence-corrected chi connectivity index (χ4v) is 4.45. The summed E-state index contributed by atoms with van der Waals surface area (Å²) in [6.45, 7) is 5.52. The van der Waals surface area contributed by atoms with E-state index < -0.39 is 0 Å². The molecule has 0 atom stereocenters. The van der Waals surface area contributed by atoms with Crippen LogP contribution in [0.15, 0.2) is 34.2 Å². The van der Waals surface area contributed by atoms with Crippen LogP contribution < -0.4 is 10.9 Å². The van der Waals surface area contributed by atoms with Crippen LogP contribution >= 0.6 is 11.8 Å². The van der Waals surface area contributed by atoms with E-state index in [1.165, 1.54) is 43.9 Å². The van der Waals surface area contributed by atoms with E-state index in [-0.39, 0.29) is 17.2 Å². The van der Waals surface area contributed by atoms with Gasteiger partial charge in [0, 0.05) is 13.1 Å². The van der Waals surface area contributed by atoms with Gasteiger partial charge in [0.1, 0.15) is 0 Å². The minimum absolute atomic E-state index is 0.0177. The van der Waals surface area contributed by atoms with Crippen molar-refractivity contribution in [2.45, 2.75) is 57.7 Å². The Kier molecular flexibility index (Phi) is 6.94. The van der Waals surface area contributed by atoms with Gasteiger partial charge in [0.15, 0.2) is 5.16 Å². The second kappa shape index (κ2) is 9.40. The lowest BCUT2D eigenvalue weighted by molar-refractivity contribution is -0.118. The molecule has 0 spiro atoms. The van der Waals surface area contributed by atoms with E-state index in [1.807, 2.05) is 24.3 Å². The van der Waals surface area contributed by atoms with Gasteiger partial charge in [-0.3, -0.25) is 14.2 Å². The Morgan fingerprint density at radius 3 is 2.74 bits per heavy atom. The van der Waals surface area contributed by atoms with Gasteiger partial charge in [-0.25, -0.2) is 4.98 Å². The summed E-state index contributed by atoms with van der Waals surface area (Å²) in [6, 6.07) is 7.40. The number of benzene rings is 1. The third kappa shape index (κ3) is 5.34. The van der Waals surface area contributed by atoms with E-state index in [2.05, 4.69) is 24.1 Å². The molecular weight excluding hydrogens is 358 g/mol. The predicted molar refractivity (Wildman–Crippen MR) is 111 cm³/mol. The highest BCUT2D eigenvalue weighted by molar-refractivity contribution is 7.99. The van der Waals surface area contributed by atoms with Crippen LogP contribution in [0.1, 0.15) is 46.0 Å². The van der Waals surface area contributed by atoms with Crippen molar-refractivity contribution in [3.63, 3.8) is 0 Å². The number of amides is 1. The van der Waals surface area contributed by atoms with Gasteiger partial charge >= 0.3 is 0 Å². The molecule has 0 aliphatic heterocycles. The van der Waals surface area contributed by atoms with E-state index in [0.29, 0.717) is 34.4 Å². The Balaban J connectivity index is 1.69. The molecule has 27 heavy (non-hydrogen) atoms. The van der Waals surface area contributed by atoms with Crippen LogP contribution in [0.3, 0.4) is 0 Å². The highest BCUT2D eigenvalue weighted by atomic mass is 32.2. The summed E-state index contributed by atoms with van der Waals surface area (Å²) in [5.41, 5.74) is 0.659. The normalized spacial score (nSPS) is 15.4. The number of nitrogens with one attached hydrogen (secondary N) is 1. The molecule has 1 aromatic heterocycles. The molecule has 1 aliphatic rings. The molecule has 0 unspecified atom stereocenters. The largest absolute Gasteiger partial charge is 0.355 e. The molecule has 1 fully saturated rings. The highest BCUT2D eigenvalue weighted by Gasteiger charge is 2.16. The summed E-state index contributed by atoms with van der Waals surface area (Å²) in [5, 5.41) is 4.31. The number of carbonyl (C=O) groups excluding carboxylic acids is 1. The number of aromatic nitrogens is 2. The van der Waals surface area contributed by atoms with Gasteiger partial charge in [-0.05, 0) is 36.8 Å². The molecule has 1 heterocycles. The lowest BCUT2D eigenvalue weighted by Gasteiger charge is -2.21. The maximum absolute atomic E-state index is 12.9. The maximum atomic E-state index is 12.9. The number of para-hydroxylation sites is 1. The Labute approximate surface area is 164 Å². The monoisotopic (exact) mass is 387 g/mol. The van der Waals surface area contributed by atoms with E-state index in [1.54, 1.807) is 4.57 Å². The average Bonchev–Trinajstić information content (AvgIpc) is 2.68. The SMILES string of the molecule is CC(C)Cn1c(SCC(=O)NCC2CCCCC2)nc2ccccc2c1=O. The lowest BCUT2D eigenvalue weighted by Crippen LogP contribution is -2.32. The Bertz CT molecular complexity index is 841. The number of hydrogen-bond acceptors (Lipinski definition) is 4. The van der Waals surface area contributed by atoms with Gasteiger partial charge < -0.3 is 5.32 Å². The standard InChI is InChI=1S/C21H29N3O2S/c1-15(2)13-24-20(26)17-10-6-7-11-18(17)23-21(24)27-14-19(25)22-12-16-8-4-3-5-9-16/h6-7,10-11,15-16H,3-5,8-9,12-14H2,1-2H3,(H,22,25). The van der Waals surface area contributed by atoms with E-state index in [9.17, 15) is 9.59 Å². The van der Waals surface area contributed by atoms with Gasteiger partial charge in [0.25, 0.3) is 5.56 Å². The molecule has 3 rings (SSSR count). The second-order valence-electron chi connectivity index (χ2n) is 7.82. The van der Waals surface area contributed by atoms with Gasteiger partial charge in [0.2, 0.25) is 5.91 Å². The fraction of sp³-hybridized carbons (Fsp3) is 0.571. The molecule has 0 bridgehead atoms. The number of fused-ring (bicyclic) bond motifs is 1. The van der Waals surface area contributed by atoms with Crippen molar-refractivity contribution in [1.82, 2.24) is 14.9 Å². The zero-order valence-electron chi connectivity index (χ0n) is 16.2. The molecule has 1 saturated carbocycles. The molecule has 0 saturated heterocycles. The van der Waals surface area contributed by atoms with Crippen LogP contribution in [0.25, 0.3) is 10.9 Å². The molecule has 1 amide bonds. The third-order valence-corrected chi connectivity index (χ3v) is 6.00. The van der Waals surface area contributed by atoms with Crippen molar-refractivity contribution in [3.05, 3.63) is 34.6 Å². The highest BCUT2D eigenvalue weighted by Crippen LogP contribution is 2.23. The van der Waals surface area contributed by atoms with Crippen molar-refractivity contribution < 1.29 is 4.79 Å². The number of nitrogens with zero attached hydrogens (tertiary/aromatic N) is 2. The fourth-order valence-electron chi connectivity index (χ4n) is 3.61. The molecule has 6 heteroatoms. The van der Waals surface area contributed by atoms with Crippen molar-refractivity contribution in [2.75, 3.05) is 12.3 Å². The number of hydrogen-bond donors (Lipinski definition) is 1. The van der Waals surface area contributed by atoms with Crippen molar-refractivity contribution in [2.24, 2.45) is 11.8 Å². The summed E-state index contributed by atoms with van der Waals surface area (Å²) in [4.78, 5) is 29.8. The van der Waals surface area contributed by atoms with Gasteiger partial charge in [-0.2, -0.15) is 0 Å². The van der Waals surface area contributed by atoms with Crippen molar-refractivity contribution in [1.29, 1.82) is 0 Å². The summed E-state index contributed by atoms with van der Waals surface area (Å²) >= 11 is 1.35. The molecule has 1 aliphatic carbocycles. The topological polar surface area (TPSA) is 64.0 Å². The van der Waals surface area contributed by atoms with Gasteiger partial charge in [-0.1, -0.05) is 57.0 Å². The second-order valence-corrected chi connectivity index (χ2v) is 8.76. The Hall–Kier alpha value is -1.82.